The van der Waals surface area contributed by atoms with Gasteiger partial charge in [-0.3, -0.25) is 14.5 Å². The second-order valence-corrected chi connectivity index (χ2v) is 6.16. The van der Waals surface area contributed by atoms with Crippen molar-refractivity contribution >= 4 is 23.5 Å². The average Bonchev–Trinajstić information content (AvgIpc) is 3.23. The molecule has 0 radical (unpaired) electrons. The second kappa shape index (κ2) is 8.50. The van der Waals surface area contributed by atoms with Crippen LogP contribution < -0.4 is 5.32 Å². The van der Waals surface area contributed by atoms with Crippen molar-refractivity contribution in [3.8, 4) is 0 Å². The SMILES string of the molecule is COC(=O)c1ccc(NC(=O)CN2CCN(C(=O)c3ccco3)CC2)cc1. The van der Waals surface area contributed by atoms with Crippen LogP contribution in [0.4, 0.5) is 5.69 Å². The number of piperazine rings is 1. The molecule has 1 fully saturated rings. The number of benzene rings is 1. The number of furan rings is 1. The number of anilines is 1. The first kappa shape index (κ1) is 18.7. The third-order valence-electron chi connectivity index (χ3n) is 4.35. The van der Waals surface area contributed by atoms with Crippen molar-refractivity contribution in [2.75, 3.05) is 45.2 Å². The van der Waals surface area contributed by atoms with Crippen LogP contribution in [-0.4, -0.2) is 67.4 Å². The third-order valence-corrected chi connectivity index (χ3v) is 4.35. The van der Waals surface area contributed by atoms with Gasteiger partial charge >= 0.3 is 5.97 Å². The highest BCUT2D eigenvalue weighted by Gasteiger charge is 2.24. The predicted octanol–water partition coefficient (Wildman–Crippen LogP) is 1.46. The van der Waals surface area contributed by atoms with Gasteiger partial charge in [0.1, 0.15) is 0 Å². The lowest BCUT2D eigenvalue weighted by Crippen LogP contribution is -2.50. The Hall–Kier alpha value is -3.13. The molecule has 1 aliphatic rings. The minimum Gasteiger partial charge on any atom is -0.465 e. The Morgan fingerprint density at radius 1 is 1.07 bits per heavy atom. The zero-order valence-electron chi connectivity index (χ0n) is 15.0. The quantitative estimate of drug-likeness (QED) is 0.800. The number of carbonyl (C=O) groups excluding carboxylic acids is 3. The molecular formula is C19H21N3O5. The van der Waals surface area contributed by atoms with Crippen LogP contribution in [0.1, 0.15) is 20.9 Å². The molecule has 142 valence electrons. The normalized spacial score (nSPS) is 14.6. The van der Waals surface area contributed by atoms with Gasteiger partial charge in [0, 0.05) is 31.9 Å². The highest BCUT2D eigenvalue weighted by molar-refractivity contribution is 5.94. The van der Waals surface area contributed by atoms with Crippen molar-refractivity contribution in [1.82, 2.24) is 9.80 Å². The van der Waals surface area contributed by atoms with E-state index in [1.165, 1.54) is 13.4 Å². The zero-order valence-corrected chi connectivity index (χ0v) is 15.0. The van der Waals surface area contributed by atoms with Crippen LogP contribution in [-0.2, 0) is 9.53 Å². The van der Waals surface area contributed by atoms with E-state index < -0.39 is 5.97 Å². The van der Waals surface area contributed by atoms with E-state index in [1.807, 2.05) is 4.90 Å². The maximum atomic E-state index is 12.2. The number of nitrogens with one attached hydrogen (secondary N) is 1. The fourth-order valence-corrected chi connectivity index (χ4v) is 2.88. The van der Waals surface area contributed by atoms with E-state index in [-0.39, 0.29) is 18.4 Å². The Bertz CT molecular complexity index is 793. The molecular weight excluding hydrogens is 350 g/mol. The fourth-order valence-electron chi connectivity index (χ4n) is 2.88. The van der Waals surface area contributed by atoms with E-state index in [9.17, 15) is 14.4 Å². The number of methoxy groups -OCH3 is 1. The van der Waals surface area contributed by atoms with E-state index in [0.29, 0.717) is 43.2 Å². The van der Waals surface area contributed by atoms with Crippen LogP contribution in [0.15, 0.2) is 47.1 Å². The van der Waals surface area contributed by atoms with Crippen molar-refractivity contribution < 1.29 is 23.5 Å². The summed E-state index contributed by atoms with van der Waals surface area (Å²) in [5, 5.41) is 2.80. The molecule has 2 heterocycles. The summed E-state index contributed by atoms with van der Waals surface area (Å²) in [6, 6.07) is 9.84. The molecule has 2 aromatic rings. The molecule has 8 heteroatoms. The number of esters is 1. The highest BCUT2D eigenvalue weighted by Crippen LogP contribution is 2.12. The molecule has 0 atom stereocenters. The summed E-state index contributed by atoms with van der Waals surface area (Å²) in [7, 11) is 1.32. The monoisotopic (exact) mass is 371 g/mol. The van der Waals surface area contributed by atoms with Crippen LogP contribution in [0.3, 0.4) is 0 Å². The van der Waals surface area contributed by atoms with Gasteiger partial charge in [-0.15, -0.1) is 0 Å². The zero-order chi connectivity index (χ0) is 19.2. The van der Waals surface area contributed by atoms with E-state index >= 15 is 0 Å². The van der Waals surface area contributed by atoms with Gasteiger partial charge in [-0.2, -0.15) is 0 Å². The first-order chi connectivity index (χ1) is 13.1. The molecule has 0 saturated carbocycles. The Morgan fingerprint density at radius 2 is 1.78 bits per heavy atom. The van der Waals surface area contributed by atoms with Crippen LogP contribution >= 0.6 is 0 Å². The van der Waals surface area contributed by atoms with Crippen LogP contribution in [0, 0.1) is 0 Å². The molecule has 1 saturated heterocycles. The fraction of sp³-hybridized carbons (Fsp3) is 0.316. The molecule has 8 nitrogen and oxygen atoms in total. The molecule has 2 amide bonds. The standard InChI is InChI=1S/C19H21N3O5/c1-26-19(25)14-4-6-15(7-5-14)20-17(23)13-21-8-10-22(11-9-21)18(24)16-3-2-12-27-16/h2-7,12H,8-11,13H2,1H3,(H,20,23). The second-order valence-electron chi connectivity index (χ2n) is 6.16. The Labute approximate surface area is 156 Å². The summed E-state index contributed by atoms with van der Waals surface area (Å²) < 4.78 is 9.78. The molecule has 27 heavy (non-hydrogen) atoms. The van der Waals surface area contributed by atoms with Crippen molar-refractivity contribution in [3.05, 3.63) is 54.0 Å². The number of amides is 2. The lowest BCUT2D eigenvalue weighted by molar-refractivity contribution is -0.117. The molecule has 0 unspecified atom stereocenters. The summed E-state index contributed by atoms with van der Waals surface area (Å²) in [5.74, 6) is -0.368. The first-order valence-electron chi connectivity index (χ1n) is 8.60. The maximum Gasteiger partial charge on any atom is 0.337 e. The number of hydrogen-bond donors (Lipinski definition) is 1. The summed E-state index contributed by atoms with van der Waals surface area (Å²) in [6.45, 7) is 2.55. The lowest BCUT2D eigenvalue weighted by atomic mass is 10.2. The van der Waals surface area contributed by atoms with Crippen molar-refractivity contribution in [2.45, 2.75) is 0 Å². The van der Waals surface area contributed by atoms with Gasteiger partial charge in [-0.25, -0.2) is 4.79 Å². The van der Waals surface area contributed by atoms with Crippen molar-refractivity contribution in [1.29, 1.82) is 0 Å². The molecule has 1 aromatic carbocycles. The van der Waals surface area contributed by atoms with Gasteiger partial charge in [0.2, 0.25) is 5.91 Å². The molecule has 1 aromatic heterocycles. The van der Waals surface area contributed by atoms with Gasteiger partial charge in [0.25, 0.3) is 5.91 Å². The molecule has 0 aliphatic carbocycles. The molecule has 0 spiro atoms. The van der Waals surface area contributed by atoms with Gasteiger partial charge in [0.05, 0.1) is 25.5 Å². The summed E-state index contributed by atoms with van der Waals surface area (Å²) in [4.78, 5) is 39.6. The van der Waals surface area contributed by atoms with E-state index in [0.717, 1.165) is 0 Å². The molecule has 3 rings (SSSR count). The van der Waals surface area contributed by atoms with Crippen LogP contribution in [0.5, 0.6) is 0 Å². The summed E-state index contributed by atoms with van der Waals surface area (Å²) in [5.41, 5.74) is 1.03. The van der Waals surface area contributed by atoms with Crippen molar-refractivity contribution in [3.63, 3.8) is 0 Å². The predicted molar refractivity (Wildman–Crippen MR) is 97.5 cm³/mol. The topological polar surface area (TPSA) is 92.1 Å². The minimum atomic E-state index is -0.421. The van der Waals surface area contributed by atoms with Gasteiger partial charge < -0.3 is 19.4 Å². The largest absolute Gasteiger partial charge is 0.465 e. The number of nitrogens with zero attached hydrogens (tertiary/aromatic N) is 2. The third kappa shape index (κ3) is 4.73. The highest BCUT2D eigenvalue weighted by atomic mass is 16.5. The summed E-state index contributed by atoms with van der Waals surface area (Å²) >= 11 is 0. The minimum absolute atomic E-state index is 0.130. The average molecular weight is 371 g/mol. The number of ether oxygens (including phenoxy) is 1. The first-order valence-corrected chi connectivity index (χ1v) is 8.60. The maximum absolute atomic E-state index is 12.2. The molecule has 1 aliphatic heterocycles. The van der Waals surface area contributed by atoms with Crippen molar-refractivity contribution in [2.24, 2.45) is 0 Å². The number of rotatable bonds is 5. The molecule has 1 N–H and O–H groups in total. The Kier molecular flexibility index (Phi) is 5.87. The van der Waals surface area contributed by atoms with Gasteiger partial charge in [0.15, 0.2) is 5.76 Å². The molecule has 0 bridgehead atoms. The van der Waals surface area contributed by atoms with Crippen LogP contribution in [0.2, 0.25) is 0 Å². The Balaban J connectivity index is 1.45. The lowest BCUT2D eigenvalue weighted by Gasteiger charge is -2.33. The van der Waals surface area contributed by atoms with Gasteiger partial charge in [-0.05, 0) is 36.4 Å². The summed E-state index contributed by atoms with van der Waals surface area (Å²) in [6.07, 6.45) is 1.48. The Morgan fingerprint density at radius 3 is 2.37 bits per heavy atom. The van der Waals surface area contributed by atoms with Gasteiger partial charge in [-0.1, -0.05) is 0 Å². The smallest absolute Gasteiger partial charge is 0.337 e. The van der Waals surface area contributed by atoms with E-state index in [1.54, 1.807) is 41.3 Å². The van der Waals surface area contributed by atoms with E-state index in [4.69, 9.17) is 4.42 Å². The number of carbonyl (C=O) groups is 3. The van der Waals surface area contributed by atoms with E-state index in [2.05, 4.69) is 10.1 Å². The number of hydrogen-bond acceptors (Lipinski definition) is 6. The van der Waals surface area contributed by atoms with Crippen LogP contribution in [0.25, 0.3) is 0 Å².